The van der Waals surface area contributed by atoms with Gasteiger partial charge in [-0.1, -0.05) is 18.2 Å². The van der Waals surface area contributed by atoms with Crippen LogP contribution in [0.25, 0.3) is 0 Å². The third kappa shape index (κ3) is 3.77. The number of fused-ring (bicyclic) bond motifs is 1. The van der Waals surface area contributed by atoms with Crippen LogP contribution in [0.15, 0.2) is 42.5 Å². The minimum absolute atomic E-state index is 0.0652. The summed E-state index contributed by atoms with van der Waals surface area (Å²) in [4.78, 5) is 23.4. The Bertz CT molecular complexity index is 753. The molecule has 118 valence electrons. The van der Waals surface area contributed by atoms with Gasteiger partial charge in [0.25, 0.3) is 5.91 Å². The monoisotopic (exact) mass is 308 g/mol. The Morgan fingerprint density at radius 2 is 1.87 bits per heavy atom. The van der Waals surface area contributed by atoms with Gasteiger partial charge in [0.05, 0.1) is 0 Å². The molecule has 4 heteroatoms. The zero-order valence-corrected chi connectivity index (χ0v) is 13.2. The van der Waals surface area contributed by atoms with Crippen LogP contribution in [0.4, 0.5) is 5.69 Å². The maximum atomic E-state index is 12.3. The summed E-state index contributed by atoms with van der Waals surface area (Å²) in [6, 6.07) is 13.4. The number of hydrogen-bond acceptors (Lipinski definition) is 2. The molecular formula is C19H20N2O2. The topological polar surface area (TPSA) is 58.2 Å². The molecule has 2 aromatic carbocycles. The highest BCUT2D eigenvalue weighted by atomic mass is 16.2. The highest BCUT2D eigenvalue weighted by molar-refractivity contribution is 5.94. The van der Waals surface area contributed by atoms with Gasteiger partial charge in [-0.2, -0.15) is 0 Å². The predicted octanol–water partition coefficient (Wildman–Crippen LogP) is 3.06. The first kappa shape index (κ1) is 15.3. The molecule has 0 unspecified atom stereocenters. The van der Waals surface area contributed by atoms with Gasteiger partial charge in [0.1, 0.15) is 0 Å². The van der Waals surface area contributed by atoms with Gasteiger partial charge in [0.15, 0.2) is 0 Å². The first-order valence-corrected chi connectivity index (χ1v) is 7.88. The van der Waals surface area contributed by atoms with E-state index in [1.165, 1.54) is 24.5 Å². The lowest BCUT2D eigenvalue weighted by Gasteiger charge is -2.09. The number of hydrogen-bond donors (Lipinski definition) is 2. The van der Waals surface area contributed by atoms with Crippen molar-refractivity contribution in [3.63, 3.8) is 0 Å². The van der Waals surface area contributed by atoms with Crippen LogP contribution >= 0.6 is 0 Å². The van der Waals surface area contributed by atoms with E-state index < -0.39 is 0 Å². The summed E-state index contributed by atoms with van der Waals surface area (Å²) in [7, 11) is 0. The van der Waals surface area contributed by atoms with Gasteiger partial charge in [-0.25, -0.2) is 0 Å². The Hall–Kier alpha value is -2.62. The zero-order chi connectivity index (χ0) is 16.2. The third-order valence-electron chi connectivity index (χ3n) is 4.06. The van der Waals surface area contributed by atoms with Gasteiger partial charge in [-0.05, 0) is 60.2 Å². The molecule has 1 aliphatic rings. The van der Waals surface area contributed by atoms with E-state index in [-0.39, 0.29) is 11.8 Å². The Morgan fingerprint density at radius 1 is 1.04 bits per heavy atom. The van der Waals surface area contributed by atoms with Crippen LogP contribution in [0, 0.1) is 0 Å². The van der Waals surface area contributed by atoms with E-state index in [9.17, 15) is 9.59 Å². The molecule has 0 aromatic heterocycles. The number of anilines is 1. The second-order valence-electron chi connectivity index (χ2n) is 5.90. The molecule has 0 saturated carbocycles. The second kappa shape index (κ2) is 6.65. The standard InChI is InChI=1S/C19H20N2O2/c1-13(22)21-18-7-2-4-14(10-18)12-20-19(23)17-9-8-15-5-3-6-16(15)11-17/h2,4,7-11H,3,5-6,12H2,1H3,(H,20,23)(H,21,22). The molecule has 3 rings (SSSR count). The molecule has 0 heterocycles. The molecule has 2 amide bonds. The van der Waals surface area contributed by atoms with E-state index in [2.05, 4.69) is 16.7 Å². The molecule has 0 radical (unpaired) electrons. The summed E-state index contributed by atoms with van der Waals surface area (Å²) in [5.74, 6) is -0.172. The summed E-state index contributed by atoms with van der Waals surface area (Å²) >= 11 is 0. The van der Waals surface area contributed by atoms with Crippen molar-refractivity contribution >= 4 is 17.5 Å². The van der Waals surface area contributed by atoms with Crippen molar-refractivity contribution in [2.75, 3.05) is 5.32 Å². The van der Waals surface area contributed by atoms with Gasteiger partial charge in [-0.15, -0.1) is 0 Å². The molecule has 1 aliphatic carbocycles. The van der Waals surface area contributed by atoms with E-state index in [0.29, 0.717) is 12.1 Å². The van der Waals surface area contributed by atoms with Crippen LogP contribution in [0.5, 0.6) is 0 Å². The third-order valence-corrected chi connectivity index (χ3v) is 4.06. The van der Waals surface area contributed by atoms with Crippen molar-refractivity contribution in [1.82, 2.24) is 5.32 Å². The molecule has 2 N–H and O–H groups in total. The number of carbonyl (C=O) groups excluding carboxylic acids is 2. The van der Waals surface area contributed by atoms with Crippen LogP contribution in [0.1, 0.15) is 40.4 Å². The van der Waals surface area contributed by atoms with Gasteiger partial charge >= 0.3 is 0 Å². The fourth-order valence-electron chi connectivity index (χ4n) is 2.96. The SMILES string of the molecule is CC(=O)Nc1cccc(CNC(=O)c2ccc3c(c2)CCC3)c1. The average molecular weight is 308 g/mol. The van der Waals surface area contributed by atoms with E-state index in [1.807, 2.05) is 36.4 Å². The van der Waals surface area contributed by atoms with Crippen molar-refractivity contribution in [3.8, 4) is 0 Å². The van der Waals surface area contributed by atoms with Crippen LogP contribution in [0.2, 0.25) is 0 Å². The van der Waals surface area contributed by atoms with Gasteiger partial charge in [0.2, 0.25) is 5.91 Å². The van der Waals surface area contributed by atoms with Crippen molar-refractivity contribution in [3.05, 3.63) is 64.7 Å². The van der Waals surface area contributed by atoms with E-state index >= 15 is 0 Å². The average Bonchev–Trinajstić information content (AvgIpc) is 3.00. The summed E-state index contributed by atoms with van der Waals surface area (Å²) < 4.78 is 0. The van der Waals surface area contributed by atoms with Crippen LogP contribution < -0.4 is 10.6 Å². The Morgan fingerprint density at radius 3 is 2.70 bits per heavy atom. The molecule has 23 heavy (non-hydrogen) atoms. The minimum atomic E-state index is -0.107. The van der Waals surface area contributed by atoms with Gasteiger partial charge in [0, 0.05) is 24.7 Å². The lowest BCUT2D eigenvalue weighted by Crippen LogP contribution is -2.23. The molecule has 0 bridgehead atoms. The maximum Gasteiger partial charge on any atom is 0.251 e. The zero-order valence-electron chi connectivity index (χ0n) is 13.2. The van der Waals surface area contributed by atoms with E-state index in [4.69, 9.17) is 0 Å². The van der Waals surface area contributed by atoms with E-state index in [0.717, 1.165) is 24.1 Å². The van der Waals surface area contributed by atoms with E-state index in [1.54, 1.807) is 0 Å². The normalized spacial score (nSPS) is 12.6. The highest BCUT2D eigenvalue weighted by Gasteiger charge is 2.13. The molecule has 2 aromatic rings. The lowest BCUT2D eigenvalue weighted by atomic mass is 10.1. The Balaban J connectivity index is 1.64. The summed E-state index contributed by atoms with van der Waals surface area (Å²) in [5.41, 5.74) is 5.06. The number of amides is 2. The van der Waals surface area contributed by atoms with Gasteiger partial charge < -0.3 is 10.6 Å². The van der Waals surface area contributed by atoms with Crippen LogP contribution in [0.3, 0.4) is 0 Å². The fourth-order valence-corrected chi connectivity index (χ4v) is 2.96. The molecule has 4 nitrogen and oxygen atoms in total. The summed E-state index contributed by atoms with van der Waals surface area (Å²) in [6.45, 7) is 1.91. The first-order valence-electron chi connectivity index (χ1n) is 7.88. The summed E-state index contributed by atoms with van der Waals surface area (Å²) in [5, 5.41) is 5.68. The smallest absolute Gasteiger partial charge is 0.251 e. The van der Waals surface area contributed by atoms with Crippen LogP contribution in [-0.4, -0.2) is 11.8 Å². The quantitative estimate of drug-likeness (QED) is 0.912. The highest BCUT2D eigenvalue weighted by Crippen LogP contribution is 2.22. The fraction of sp³-hybridized carbons (Fsp3) is 0.263. The lowest BCUT2D eigenvalue weighted by molar-refractivity contribution is -0.114. The number of aryl methyl sites for hydroxylation is 2. The minimum Gasteiger partial charge on any atom is -0.348 e. The molecule has 0 aliphatic heterocycles. The Kier molecular flexibility index (Phi) is 4.42. The van der Waals surface area contributed by atoms with Crippen LogP contribution in [-0.2, 0) is 24.2 Å². The van der Waals surface area contributed by atoms with Crippen molar-refractivity contribution in [1.29, 1.82) is 0 Å². The molecule has 0 saturated heterocycles. The molecule has 0 fully saturated rings. The second-order valence-corrected chi connectivity index (χ2v) is 5.90. The molecule has 0 spiro atoms. The number of nitrogens with one attached hydrogen (secondary N) is 2. The van der Waals surface area contributed by atoms with Gasteiger partial charge in [-0.3, -0.25) is 9.59 Å². The molecular weight excluding hydrogens is 288 g/mol. The number of benzene rings is 2. The molecule has 0 atom stereocenters. The van der Waals surface area contributed by atoms with Crippen molar-refractivity contribution in [2.45, 2.75) is 32.7 Å². The predicted molar refractivity (Wildman–Crippen MR) is 90.4 cm³/mol. The Labute approximate surface area is 135 Å². The van der Waals surface area contributed by atoms with Crippen molar-refractivity contribution < 1.29 is 9.59 Å². The first-order chi connectivity index (χ1) is 11.1. The number of carbonyl (C=O) groups is 2. The summed E-state index contributed by atoms with van der Waals surface area (Å²) in [6.07, 6.45) is 3.36. The largest absolute Gasteiger partial charge is 0.348 e. The maximum absolute atomic E-state index is 12.3. The number of rotatable bonds is 4. The van der Waals surface area contributed by atoms with Crippen molar-refractivity contribution in [2.24, 2.45) is 0 Å².